The number of likely N-dealkylation sites (tertiary alicyclic amines) is 1. The number of hydrogen-bond donors (Lipinski definition) is 0. The quantitative estimate of drug-likeness (QED) is 0.749. The van der Waals surface area contributed by atoms with Gasteiger partial charge < -0.3 is 4.90 Å². The van der Waals surface area contributed by atoms with Crippen molar-refractivity contribution >= 4 is 54.9 Å². The second-order valence-corrected chi connectivity index (χ2v) is 8.54. The first kappa shape index (κ1) is 15.2. The number of thiophene rings is 1. The van der Waals surface area contributed by atoms with Crippen LogP contribution in [-0.2, 0) is 4.79 Å². The van der Waals surface area contributed by atoms with E-state index in [1.54, 1.807) is 6.92 Å². The molecule has 1 aromatic heterocycles. The molecule has 2 rings (SSSR count). The lowest BCUT2D eigenvalue weighted by atomic mass is 9.97. The zero-order valence-electron chi connectivity index (χ0n) is 10.6. The Morgan fingerprint density at radius 1 is 1.42 bits per heavy atom. The minimum atomic E-state index is 0.0276. The molecule has 2 heterocycles. The predicted molar refractivity (Wildman–Crippen MR) is 83.7 cm³/mol. The highest BCUT2D eigenvalue weighted by molar-refractivity contribution is 9.12. The first-order valence-electron chi connectivity index (χ1n) is 6.24. The van der Waals surface area contributed by atoms with E-state index in [1.807, 2.05) is 11.0 Å². The molecule has 0 N–H and O–H groups in total. The average molecular weight is 409 g/mol. The zero-order valence-corrected chi connectivity index (χ0v) is 14.6. The molecule has 1 saturated heterocycles. The predicted octanol–water partition coefficient (Wildman–Crippen LogP) is 4.25. The molecule has 6 heteroatoms. The molecule has 0 aliphatic carbocycles. The monoisotopic (exact) mass is 407 g/mol. The van der Waals surface area contributed by atoms with Crippen LogP contribution in [0.15, 0.2) is 13.6 Å². The van der Waals surface area contributed by atoms with Gasteiger partial charge in [-0.15, -0.1) is 11.3 Å². The van der Waals surface area contributed by atoms with Crippen molar-refractivity contribution in [2.24, 2.45) is 0 Å². The number of amides is 1. The van der Waals surface area contributed by atoms with Gasteiger partial charge in [-0.2, -0.15) is 0 Å². The molecular formula is C13H15Br2NO2S. The van der Waals surface area contributed by atoms with Crippen LogP contribution in [0.4, 0.5) is 0 Å². The number of rotatable bonds is 3. The van der Waals surface area contributed by atoms with Gasteiger partial charge in [0.25, 0.3) is 5.91 Å². The molecule has 0 radical (unpaired) electrons. The topological polar surface area (TPSA) is 37.4 Å². The van der Waals surface area contributed by atoms with E-state index in [4.69, 9.17) is 0 Å². The molecule has 3 nitrogen and oxygen atoms in total. The Hall–Kier alpha value is -0.200. The molecule has 1 unspecified atom stereocenters. The fourth-order valence-electron chi connectivity index (χ4n) is 2.45. The maximum Gasteiger partial charge on any atom is 0.256 e. The van der Waals surface area contributed by atoms with Crippen LogP contribution >= 0.6 is 43.2 Å². The summed E-state index contributed by atoms with van der Waals surface area (Å²) in [6.07, 6.45) is 3.50. The largest absolute Gasteiger partial charge is 0.335 e. The summed E-state index contributed by atoms with van der Waals surface area (Å²) in [4.78, 5) is 25.8. The third kappa shape index (κ3) is 3.67. The molecule has 1 aliphatic heterocycles. The van der Waals surface area contributed by atoms with Gasteiger partial charge in [0.1, 0.15) is 5.78 Å². The van der Waals surface area contributed by atoms with Gasteiger partial charge in [0.2, 0.25) is 0 Å². The number of carbonyl (C=O) groups is 2. The second kappa shape index (κ2) is 6.50. The smallest absolute Gasteiger partial charge is 0.256 e. The number of nitrogens with zero attached hydrogens (tertiary/aromatic N) is 1. The molecule has 19 heavy (non-hydrogen) atoms. The molecule has 1 aromatic rings. The number of piperidine rings is 1. The van der Waals surface area contributed by atoms with Crippen LogP contribution in [-0.4, -0.2) is 29.2 Å². The van der Waals surface area contributed by atoms with E-state index in [2.05, 4.69) is 31.9 Å². The van der Waals surface area contributed by atoms with Gasteiger partial charge in [-0.3, -0.25) is 9.59 Å². The van der Waals surface area contributed by atoms with E-state index in [0.717, 1.165) is 33.4 Å². The Bertz CT molecular complexity index is 501. The highest BCUT2D eigenvalue weighted by Gasteiger charge is 2.29. The van der Waals surface area contributed by atoms with Crippen molar-refractivity contribution in [3.8, 4) is 0 Å². The standard InChI is InChI=1S/C13H15Br2NO2S/c1-8(17)6-9-4-2-3-5-16(9)13(18)10-7-11(14)19-12(10)15/h7,9H,2-6H2,1H3. The lowest BCUT2D eigenvalue weighted by Crippen LogP contribution is -2.44. The van der Waals surface area contributed by atoms with E-state index in [9.17, 15) is 9.59 Å². The Labute approximate surface area is 133 Å². The molecule has 1 amide bonds. The van der Waals surface area contributed by atoms with E-state index >= 15 is 0 Å². The van der Waals surface area contributed by atoms with Crippen molar-refractivity contribution in [3.63, 3.8) is 0 Å². The maximum absolute atomic E-state index is 12.6. The van der Waals surface area contributed by atoms with Crippen LogP contribution in [0.5, 0.6) is 0 Å². The first-order chi connectivity index (χ1) is 8.99. The highest BCUT2D eigenvalue weighted by atomic mass is 79.9. The van der Waals surface area contributed by atoms with Gasteiger partial charge >= 0.3 is 0 Å². The zero-order chi connectivity index (χ0) is 14.0. The van der Waals surface area contributed by atoms with E-state index in [0.29, 0.717) is 12.0 Å². The van der Waals surface area contributed by atoms with Crippen molar-refractivity contribution in [1.29, 1.82) is 0 Å². The first-order valence-corrected chi connectivity index (χ1v) is 8.64. The molecule has 0 spiro atoms. The Kier molecular flexibility index (Phi) is 5.20. The van der Waals surface area contributed by atoms with Crippen molar-refractivity contribution in [2.45, 2.75) is 38.6 Å². The number of carbonyl (C=O) groups excluding carboxylic acids is 2. The third-order valence-corrected chi connectivity index (χ3v) is 5.64. The number of halogens is 2. The van der Waals surface area contributed by atoms with Crippen LogP contribution < -0.4 is 0 Å². The molecule has 0 saturated carbocycles. The summed E-state index contributed by atoms with van der Waals surface area (Å²) >= 11 is 8.32. The van der Waals surface area contributed by atoms with Gasteiger partial charge in [0, 0.05) is 19.0 Å². The lowest BCUT2D eigenvalue weighted by molar-refractivity contribution is -0.118. The van der Waals surface area contributed by atoms with E-state index in [1.165, 1.54) is 11.3 Å². The van der Waals surface area contributed by atoms with Crippen molar-refractivity contribution in [1.82, 2.24) is 4.90 Å². The molecule has 1 fully saturated rings. The Balaban J connectivity index is 2.19. The van der Waals surface area contributed by atoms with E-state index in [-0.39, 0.29) is 17.7 Å². The van der Waals surface area contributed by atoms with Crippen molar-refractivity contribution in [3.05, 3.63) is 19.2 Å². The molecular weight excluding hydrogens is 394 g/mol. The summed E-state index contributed by atoms with van der Waals surface area (Å²) in [7, 11) is 0. The van der Waals surface area contributed by atoms with Gasteiger partial charge in [-0.25, -0.2) is 0 Å². The van der Waals surface area contributed by atoms with E-state index < -0.39 is 0 Å². The minimum absolute atomic E-state index is 0.0276. The second-order valence-electron chi connectivity index (χ2n) is 4.79. The van der Waals surface area contributed by atoms with Gasteiger partial charge in [0.15, 0.2) is 0 Å². The summed E-state index contributed by atoms with van der Waals surface area (Å²) in [5.41, 5.74) is 0.687. The van der Waals surface area contributed by atoms with Crippen LogP contribution in [0.2, 0.25) is 0 Å². The molecule has 0 aromatic carbocycles. The average Bonchev–Trinajstić information content (AvgIpc) is 2.67. The lowest BCUT2D eigenvalue weighted by Gasteiger charge is -2.35. The number of hydrogen-bond acceptors (Lipinski definition) is 3. The normalized spacial score (nSPS) is 19.5. The Morgan fingerprint density at radius 3 is 2.74 bits per heavy atom. The van der Waals surface area contributed by atoms with Crippen molar-refractivity contribution < 1.29 is 9.59 Å². The van der Waals surface area contributed by atoms with Crippen molar-refractivity contribution in [2.75, 3.05) is 6.54 Å². The Morgan fingerprint density at radius 2 is 2.16 bits per heavy atom. The summed E-state index contributed by atoms with van der Waals surface area (Å²) < 4.78 is 1.78. The minimum Gasteiger partial charge on any atom is -0.335 e. The SMILES string of the molecule is CC(=O)CC1CCCCN1C(=O)c1cc(Br)sc1Br. The summed E-state index contributed by atoms with van der Waals surface area (Å²) in [5, 5.41) is 0. The van der Waals surface area contributed by atoms with Gasteiger partial charge in [-0.1, -0.05) is 0 Å². The van der Waals surface area contributed by atoms with Gasteiger partial charge in [0.05, 0.1) is 13.1 Å². The summed E-state index contributed by atoms with van der Waals surface area (Å²) in [6.45, 7) is 2.34. The molecule has 0 bridgehead atoms. The fraction of sp³-hybridized carbons (Fsp3) is 0.538. The van der Waals surface area contributed by atoms with Crippen LogP contribution in [0, 0.1) is 0 Å². The number of ketones is 1. The third-order valence-electron chi connectivity index (χ3n) is 3.30. The van der Waals surface area contributed by atoms with Crippen LogP contribution in [0.3, 0.4) is 0 Å². The summed E-state index contributed by atoms with van der Waals surface area (Å²) in [6, 6.07) is 1.90. The number of Topliss-reactive ketones (excluding diaryl/α,β-unsaturated/α-hetero) is 1. The molecule has 104 valence electrons. The van der Waals surface area contributed by atoms with Crippen LogP contribution in [0.25, 0.3) is 0 Å². The molecule has 1 aliphatic rings. The van der Waals surface area contributed by atoms with Crippen LogP contribution in [0.1, 0.15) is 43.0 Å². The highest BCUT2D eigenvalue weighted by Crippen LogP contribution is 2.34. The maximum atomic E-state index is 12.6. The molecule has 1 atom stereocenters. The fourth-order valence-corrected chi connectivity index (χ4v) is 5.23. The summed E-state index contributed by atoms with van der Waals surface area (Å²) in [5.74, 6) is 0.176. The van der Waals surface area contributed by atoms with Gasteiger partial charge in [-0.05, 0) is 64.1 Å².